The Morgan fingerprint density at radius 1 is 1.07 bits per heavy atom. The molecule has 0 N–H and O–H groups in total. The lowest BCUT2D eigenvalue weighted by Crippen LogP contribution is -1.97. The summed E-state index contributed by atoms with van der Waals surface area (Å²) < 4.78 is 0. The van der Waals surface area contributed by atoms with E-state index in [1.54, 1.807) is 0 Å². The Morgan fingerprint density at radius 2 is 1.93 bits per heavy atom. The van der Waals surface area contributed by atoms with Gasteiger partial charge in [0.05, 0.1) is 5.70 Å². The fraction of sp³-hybridized carbons (Fsp3) is 0.0714. The van der Waals surface area contributed by atoms with Crippen molar-refractivity contribution in [3.63, 3.8) is 0 Å². The molecule has 1 aliphatic carbocycles. The largest absolute Gasteiger partial charge is 0.257 e. The third kappa shape index (κ3) is 1.46. The van der Waals surface area contributed by atoms with Gasteiger partial charge in [0.2, 0.25) is 0 Å². The topological polar surface area (TPSA) is 12.4 Å². The van der Waals surface area contributed by atoms with Crippen LogP contribution in [0.1, 0.15) is 11.5 Å². The summed E-state index contributed by atoms with van der Waals surface area (Å²) in [4.78, 5) is 4.33. The van der Waals surface area contributed by atoms with Crippen molar-refractivity contribution in [2.45, 2.75) is 5.92 Å². The number of benzene rings is 1. The van der Waals surface area contributed by atoms with Gasteiger partial charge in [-0.2, -0.15) is 0 Å². The van der Waals surface area contributed by atoms with Gasteiger partial charge in [-0.25, -0.2) is 0 Å². The average molecular weight is 193 g/mol. The summed E-state index contributed by atoms with van der Waals surface area (Å²) in [6.45, 7) is 0. The molecule has 1 aromatic carbocycles. The van der Waals surface area contributed by atoms with E-state index in [4.69, 9.17) is 0 Å². The van der Waals surface area contributed by atoms with Crippen LogP contribution < -0.4 is 0 Å². The normalized spacial score (nSPS) is 22.3. The van der Waals surface area contributed by atoms with Crippen molar-refractivity contribution in [2.24, 2.45) is 4.99 Å². The van der Waals surface area contributed by atoms with Crippen LogP contribution >= 0.6 is 0 Å². The maximum atomic E-state index is 4.33. The molecule has 0 spiro atoms. The van der Waals surface area contributed by atoms with Gasteiger partial charge in [0.1, 0.15) is 0 Å². The highest BCUT2D eigenvalue weighted by molar-refractivity contribution is 5.81. The van der Waals surface area contributed by atoms with E-state index in [0.717, 1.165) is 5.70 Å². The van der Waals surface area contributed by atoms with Gasteiger partial charge in [-0.1, -0.05) is 42.5 Å². The standard InChI is InChI=1S/C14H11N/c1-2-4-11(5-3-1)13-7-6-12-8-9-15-14(12)10-13/h1-10,13H. The first-order valence-electron chi connectivity index (χ1n) is 5.13. The zero-order valence-corrected chi connectivity index (χ0v) is 8.30. The quantitative estimate of drug-likeness (QED) is 0.649. The summed E-state index contributed by atoms with van der Waals surface area (Å²) in [7, 11) is 0. The number of fused-ring (bicyclic) bond motifs is 1. The fourth-order valence-electron chi connectivity index (χ4n) is 1.95. The Hall–Kier alpha value is -1.89. The molecule has 3 rings (SSSR count). The predicted molar refractivity (Wildman–Crippen MR) is 63.0 cm³/mol. The van der Waals surface area contributed by atoms with E-state index >= 15 is 0 Å². The van der Waals surface area contributed by atoms with Crippen LogP contribution in [0.15, 0.2) is 70.9 Å². The molecule has 1 atom stereocenters. The Morgan fingerprint density at radius 3 is 2.80 bits per heavy atom. The molecule has 0 saturated heterocycles. The number of allylic oxidation sites excluding steroid dienone is 4. The maximum Gasteiger partial charge on any atom is 0.0671 e. The van der Waals surface area contributed by atoms with Crippen LogP contribution in [0.2, 0.25) is 0 Å². The first-order chi connectivity index (χ1) is 7.43. The van der Waals surface area contributed by atoms with Crippen molar-refractivity contribution < 1.29 is 0 Å². The molecule has 1 unspecified atom stereocenters. The van der Waals surface area contributed by atoms with Gasteiger partial charge in [0, 0.05) is 17.7 Å². The minimum absolute atomic E-state index is 0.369. The molecular weight excluding hydrogens is 182 g/mol. The van der Waals surface area contributed by atoms with E-state index in [-0.39, 0.29) is 0 Å². The third-order valence-electron chi connectivity index (χ3n) is 2.77. The minimum Gasteiger partial charge on any atom is -0.257 e. The second-order valence-corrected chi connectivity index (χ2v) is 3.75. The summed E-state index contributed by atoms with van der Waals surface area (Å²) in [6, 6.07) is 10.5. The number of aliphatic imine (C=N–C) groups is 1. The Bertz CT molecular complexity index is 489. The summed E-state index contributed by atoms with van der Waals surface area (Å²) in [6.07, 6.45) is 10.5. The van der Waals surface area contributed by atoms with Gasteiger partial charge in [0.25, 0.3) is 0 Å². The second kappa shape index (κ2) is 3.35. The summed E-state index contributed by atoms with van der Waals surface area (Å²) in [5, 5.41) is 0. The lowest BCUT2D eigenvalue weighted by atomic mass is 9.92. The molecule has 0 fully saturated rings. The molecule has 0 amide bonds. The number of hydrogen-bond donors (Lipinski definition) is 0. The lowest BCUT2D eigenvalue weighted by molar-refractivity contribution is 1.04. The van der Waals surface area contributed by atoms with Crippen LogP contribution in [0, 0.1) is 0 Å². The van der Waals surface area contributed by atoms with Crippen LogP contribution in [-0.2, 0) is 0 Å². The molecule has 0 saturated carbocycles. The third-order valence-corrected chi connectivity index (χ3v) is 2.77. The molecule has 15 heavy (non-hydrogen) atoms. The van der Waals surface area contributed by atoms with Crippen molar-refractivity contribution in [3.05, 3.63) is 71.5 Å². The van der Waals surface area contributed by atoms with E-state index in [1.165, 1.54) is 11.1 Å². The molecule has 72 valence electrons. The Balaban J connectivity index is 1.98. The minimum atomic E-state index is 0.369. The van der Waals surface area contributed by atoms with E-state index in [0.29, 0.717) is 5.92 Å². The van der Waals surface area contributed by atoms with Gasteiger partial charge in [0.15, 0.2) is 0 Å². The number of rotatable bonds is 1. The van der Waals surface area contributed by atoms with Crippen LogP contribution in [0.3, 0.4) is 0 Å². The zero-order chi connectivity index (χ0) is 10.1. The van der Waals surface area contributed by atoms with E-state index in [1.807, 2.05) is 18.4 Å². The van der Waals surface area contributed by atoms with Gasteiger partial charge in [-0.15, -0.1) is 0 Å². The Labute approximate surface area is 89.2 Å². The van der Waals surface area contributed by atoms with Crippen LogP contribution in [0.5, 0.6) is 0 Å². The zero-order valence-electron chi connectivity index (χ0n) is 8.30. The highest BCUT2D eigenvalue weighted by Gasteiger charge is 2.14. The van der Waals surface area contributed by atoms with Crippen LogP contribution in [-0.4, -0.2) is 6.21 Å². The molecule has 1 heterocycles. The predicted octanol–water partition coefficient (Wildman–Crippen LogP) is 3.23. The first kappa shape index (κ1) is 8.42. The van der Waals surface area contributed by atoms with Crippen molar-refractivity contribution in [1.29, 1.82) is 0 Å². The fourth-order valence-corrected chi connectivity index (χ4v) is 1.95. The highest BCUT2D eigenvalue weighted by atomic mass is 14.8. The molecule has 1 heteroatoms. The van der Waals surface area contributed by atoms with Gasteiger partial charge >= 0.3 is 0 Å². The van der Waals surface area contributed by atoms with E-state index in [9.17, 15) is 0 Å². The molecule has 0 radical (unpaired) electrons. The van der Waals surface area contributed by atoms with Gasteiger partial charge in [-0.3, -0.25) is 4.99 Å². The molecular formula is C14H11N. The first-order valence-corrected chi connectivity index (χ1v) is 5.13. The van der Waals surface area contributed by atoms with Crippen molar-refractivity contribution in [1.82, 2.24) is 0 Å². The van der Waals surface area contributed by atoms with Crippen molar-refractivity contribution in [2.75, 3.05) is 0 Å². The van der Waals surface area contributed by atoms with Crippen LogP contribution in [0.4, 0.5) is 0 Å². The summed E-state index contributed by atoms with van der Waals surface area (Å²) in [5.41, 5.74) is 3.65. The van der Waals surface area contributed by atoms with E-state index < -0.39 is 0 Å². The van der Waals surface area contributed by atoms with Crippen molar-refractivity contribution in [3.8, 4) is 0 Å². The average Bonchev–Trinajstić information content (AvgIpc) is 2.77. The molecule has 0 aromatic heterocycles. The van der Waals surface area contributed by atoms with Gasteiger partial charge in [-0.05, 0) is 17.7 Å². The molecule has 0 bridgehead atoms. The van der Waals surface area contributed by atoms with Crippen molar-refractivity contribution >= 4 is 6.21 Å². The van der Waals surface area contributed by atoms with Crippen LogP contribution in [0.25, 0.3) is 0 Å². The Kier molecular flexibility index (Phi) is 1.88. The maximum absolute atomic E-state index is 4.33. The SMILES string of the molecule is C1=CC(c2ccccc2)C=C2N=CC=C12. The molecule has 1 aromatic rings. The van der Waals surface area contributed by atoms with E-state index in [2.05, 4.69) is 47.5 Å². The second-order valence-electron chi connectivity index (χ2n) is 3.75. The molecule has 1 aliphatic heterocycles. The number of nitrogens with zero attached hydrogens (tertiary/aromatic N) is 1. The number of hydrogen-bond acceptors (Lipinski definition) is 1. The monoisotopic (exact) mass is 193 g/mol. The van der Waals surface area contributed by atoms with Gasteiger partial charge < -0.3 is 0 Å². The molecule has 1 nitrogen and oxygen atoms in total. The smallest absolute Gasteiger partial charge is 0.0671 e. The lowest BCUT2D eigenvalue weighted by Gasteiger charge is -2.14. The summed E-state index contributed by atoms with van der Waals surface area (Å²) >= 11 is 0. The molecule has 2 aliphatic rings. The summed E-state index contributed by atoms with van der Waals surface area (Å²) in [5.74, 6) is 0.369. The highest BCUT2D eigenvalue weighted by Crippen LogP contribution is 2.30.